The van der Waals surface area contributed by atoms with Crippen LogP contribution in [0.15, 0.2) is 0 Å². The van der Waals surface area contributed by atoms with Gasteiger partial charge in [-0.05, 0) is 48.6 Å². The molecule has 0 saturated carbocycles. The lowest BCUT2D eigenvalue weighted by atomic mass is 9.90. The Morgan fingerprint density at radius 2 is 1.76 bits per heavy atom. The van der Waals surface area contributed by atoms with Gasteiger partial charge < -0.3 is 4.90 Å². The van der Waals surface area contributed by atoms with Gasteiger partial charge in [-0.15, -0.1) is 0 Å². The molecular formula is C15H22N2. The minimum atomic E-state index is 0.398. The van der Waals surface area contributed by atoms with E-state index in [9.17, 15) is 0 Å². The van der Waals surface area contributed by atoms with Crippen molar-refractivity contribution in [3.05, 3.63) is 22.5 Å². The van der Waals surface area contributed by atoms with Gasteiger partial charge in [0.2, 0.25) is 0 Å². The monoisotopic (exact) mass is 230 g/mol. The second-order valence-corrected chi connectivity index (χ2v) is 6.58. The van der Waals surface area contributed by atoms with E-state index in [0.29, 0.717) is 5.41 Å². The van der Waals surface area contributed by atoms with Crippen LogP contribution >= 0.6 is 0 Å². The summed E-state index contributed by atoms with van der Waals surface area (Å²) in [6.07, 6.45) is 6.04. The second kappa shape index (κ2) is 3.47. The first-order chi connectivity index (χ1) is 7.98. The van der Waals surface area contributed by atoms with Crippen molar-refractivity contribution >= 4 is 5.69 Å². The Hall–Kier alpha value is -1.05. The molecule has 0 fully saturated rings. The van der Waals surface area contributed by atoms with Gasteiger partial charge in [-0.25, -0.2) is 0 Å². The van der Waals surface area contributed by atoms with Gasteiger partial charge in [0.1, 0.15) is 0 Å². The topological polar surface area (TPSA) is 16.1 Å². The normalized spacial score (nSPS) is 20.2. The summed E-state index contributed by atoms with van der Waals surface area (Å²) in [5, 5.41) is 0. The number of hydrogen-bond acceptors (Lipinski definition) is 2. The summed E-state index contributed by atoms with van der Waals surface area (Å²) in [5.41, 5.74) is 7.71. The van der Waals surface area contributed by atoms with Crippen LogP contribution in [0.2, 0.25) is 0 Å². The molecule has 0 aliphatic heterocycles. The maximum atomic E-state index is 4.95. The van der Waals surface area contributed by atoms with Crippen molar-refractivity contribution in [1.82, 2.24) is 4.98 Å². The fraction of sp³-hybridized carbons (Fsp3) is 0.667. The molecule has 3 rings (SSSR count). The van der Waals surface area contributed by atoms with Crippen LogP contribution in [0.4, 0.5) is 5.69 Å². The summed E-state index contributed by atoms with van der Waals surface area (Å²) >= 11 is 0. The lowest BCUT2D eigenvalue weighted by molar-refractivity contribution is 0.390. The van der Waals surface area contributed by atoms with E-state index in [0.717, 1.165) is 6.42 Å². The van der Waals surface area contributed by atoms with Crippen LogP contribution in [-0.4, -0.2) is 19.1 Å². The molecule has 2 nitrogen and oxygen atoms in total. The first-order valence-corrected chi connectivity index (χ1v) is 6.69. The van der Waals surface area contributed by atoms with E-state index >= 15 is 0 Å². The molecule has 17 heavy (non-hydrogen) atoms. The van der Waals surface area contributed by atoms with Gasteiger partial charge in [0.15, 0.2) is 0 Å². The maximum Gasteiger partial charge on any atom is 0.0465 e. The summed E-state index contributed by atoms with van der Waals surface area (Å²) in [6.45, 7) is 4.72. The average molecular weight is 230 g/mol. The van der Waals surface area contributed by atoms with Crippen LogP contribution in [0.1, 0.15) is 42.8 Å². The third kappa shape index (κ3) is 1.65. The molecule has 2 aliphatic rings. The number of aromatic nitrogens is 1. The fourth-order valence-corrected chi connectivity index (χ4v) is 3.52. The summed E-state index contributed by atoms with van der Waals surface area (Å²) in [4.78, 5) is 7.26. The summed E-state index contributed by atoms with van der Waals surface area (Å²) in [7, 11) is 4.36. The van der Waals surface area contributed by atoms with Crippen molar-refractivity contribution in [2.75, 3.05) is 19.0 Å². The standard InChI is InChI=1S/C15H22N2/c1-15(2)8-11-13(9-15)16-12-7-5-6-10(12)14(11)17(3)4/h5-9H2,1-4H3. The molecule has 0 amide bonds. The molecule has 0 atom stereocenters. The Kier molecular flexibility index (Phi) is 2.26. The Balaban J connectivity index is 2.20. The van der Waals surface area contributed by atoms with Gasteiger partial charge >= 0.3 is 0 Å². The molecule has 1 aromatic rings. The van der Waals surface area contributed by atoms with Crippen LogP contribution in [0, 0.1) is 5.41 Å². The number of nitrogens with zero attached hydrogens (tertiary/aromatic N) is 2. The molecular weight excluding hydrogens is 208 g/mol. The van der Waals surface area contributed by atoms with Crippen LogP contribution < -0.4 is 4.90 Å². The van der Waals surface area contributed by atoms with E-state index in [1.165, 1.54) is 53.9 Å². The Labute approximate surface area is 104 Å². The molecule has 1 aromatic heterocycles. The molecule has 1 heterocycles. The van der Waals surface area contributed by atoms with Gasteiger partial charge in [-0.1, -0.05) is 13.8 Å². The first kappa shape index (κ1) is 11.1. The average Bonchev–Trinajstić information content (AvgIpc) is 2.74. The van der Waals surface area contributed by atoms with Gasteiger partial charge in [-0.3, -0.25) is 4.98 Å². The zero-order valence-corrected chi connectivity index (χ0v) is 11.4. The zero-order chi connectivity index (χ0) is 12.2. The summed E-state index contributed by atoms with van der Waals surface area (Å²) in [5.74, 6) is 0. The van der Waals surface area contributed by atoms with Crippen molar-refractivity contribution in [2.24, 2.45) is 5.41 Å². The summed E-state index contributed by atoms with van der Waals surface area (Å²) < 4.78 is 0. The van der Waals surface area contributed by atoms with Crippen molar-refractivity contribution in [3.63, 3.8) is 0 Å². The number of pyridine rings is 1. The highest BCUT2D eigenvalue weighted by molar-refractivity contribution is 5.64. The SMILES string of the molecule is CN(C)c1c2c(nc3c1CC(C)(C)C3)CCC2. The van der Waals surface area contributed by atoms with Gasteiger partial charge in [0, 0.05) is 31.2 Å². The molecule has 0 spiro atoms. The largest absolute Gasteiger partial charge is 0.377 e. The summed E-state index contributed by atoms with van der Waals surface area (Å²) in [6, 6.07) is 0. The third-order valence-electron chi connectivity index (χ3n) is 4.13. The maximum absolute atomic E-state index is 4.95. The van der Waals surface area contributed by atoms with Crippen LogP contribution in [-0.2, 0) is 25.7 Å². The molecule has 2 heteroatoms. The van der Waals surface area contributed by atoms with Crippen molar-refractivity contribution in [2.45, 2.75) is 46.0 Å². The first-order valence-electron chi connectivity index (χ1n) is 6.69. The molecule has 92 valence electrons. The fourth-order valence-electron chi connectivity index (χ4n) is 3.52. The lowest BCUT2D eigenvalue weighted by Gasteiger charge is -2.21. The quantitative estimate of drug-likeness (QED) is 0.737. The van der Waals surface area contributed by atoms with Gasteiger partial charge in [-0.2, -0.15) is 0 Å². The van der Waals surface area contributed by atoms with Crippen LogP contribution in [0.5, 0.6) is 0 Å². The van der Waals surface area contributed by atoms with Crippen molar-refractivity contribution in [3.8, 4) is 0 Å². The number of hydrogen-bond donors (Lipinski definition) is 0. The number of anilines is 1. The molecule has 0 bridgehead atoms. The Morgan fingerprint density at radius 1 is 1.00 bits per heavy atom. The van der Waals surface area contributed by atoms with Gasteiger partial charge in [0.25, 0.3) is 0 Å². The Bertz CT molecular complexity index is 472. The second-order valence-electron chi connectivity index (χ2n) is 6.58. The highest BCUT2D eigenvalue weighted by Crippen LogP contribution is 2.43. The van der Waals surface area contributed by atoms with E-state index in [1.54, 1.807) is 0 Å². The molecule has 0 radical (unpaired) electrons. The highest BCUT2D eigenvalue weighted by atomic mass is 15.1. The minimum absolute atomic E-state index is 0.398. The molecule has 0 unspecified atom stereocenters. The van der Waals surface area contributed by atoms with Crippen molar-refractivity contribution < 1.29 is 0 Å². The van der Waals surface area contributed by atoms with Crippen LogP contribution in [0.25, 0.3) is 0 Å². The smallest absolute Gasteiger partial charge is 0.0465 e. The number of fused-ring (bicyclic) bond motifs is 2. The number of aryl methyl sites for hydroxylation is 1. The van der Waals surface area contributed by atoms with E-state index in [2.05, 4.69) is 32.8 Å². The molecule has 2 aliphatic carbocycles. The van der Waals surface area contributed by atoms with E-state index in [1.807, 2.05) is 0 Å². The zero-order valence-electron chi connectivity index (χ0n) is 11.4. The third-order valence-corrected chi connectivity index (χ3v) is 4.13. The molecule has 0 N–H and O–H groups in total. The van der Waals surface area contributed by atoms with Gasteiger partial charge in [0.05, 0.1) is 0 Å². The lowest BCUT2D eigenvalue weighted by Crippen LogP contribution is -2.15. The predicted octanol–water partition coefficient (Wildman–Crippen LogP) is 2.76. The van der Waals surface area contributed by atoms with E-state index in [4.69, 9.17) is 4.98 Å². The van der Waals surface area contributed by atoms with Crippen LogP contribution in [0.3, 0.4) is 0 Å². The minimum Gasteiger partial charge on any atom is -0.377 e. The number of rotatable bonds is 1. The Morgan fingerprint density at radius 3 is 2.47 bits per heavy atom. The predicted molar refractivity (Wildman–Crippen MR) is 71.8 cm³/mol. The molecule has 0 saturated heterocycles. The van der Waals surface area contributed by atoms with E-state index in [-0.39, 0.29) is 0 Å². The van der Waals surface area contributed by atoms with Crippen molar-refractivity contribution in [1.29, 1.82) is 0 Å². The van der Waals surface area contributed by atoms with E-state index < -0.39 is 0 Å². The molecule has 0 aromatic carbocycles. The highest BCUT2D eigenvalue weighted by Gasteiger charge is 2.34.